The van der Waals surface area contributed by atoms with Crippen LogP contribution in [0.1, 0.15) is 13.8 Å². The molecule has 1 aromatic carbocycles. The fourth-order valence-corrected chi connectivity index (χ4v) is 3.05. The lowest BCUT2D eigenvalue weighted by molar-refractivity contribution is -0.120. The number of para-hydroxylation sites is 1. The summed E-state index contributed by atoms with van der Waals surface area (Å²) in [5.41, 5.74) is -0.366. The molecule has 1 heterocycles. The topological polar surface area (TPSA) is 49.4 Å². The maximum atomic E-state index is 12.0. The van der Waals surface area contributed by atoms with Gasteiger partial charge in [0, 0.05) is 0 Å². The Labute approximate surface area is 101 Å². The van der Waals surface area contributed by atoms with E-state index in [-0.39, 0.29) is 5.91 Å². The number of nitrogens with one attached hydrogen (secondary N) is 1. The minimum absolute atomic E-state index is 0.251. The first-order valence-corrected chi connectivity index (χ1v) is 6.21. The first-order valence-electron chi connectivity index (χ1n) is 4.72. The fraction of sp³-hybridized carbons (Fsp3) is 0.300. The van der Waals surface area contributed by atoms with Gasteiger partial charge in [-0.1, -0.05) is 23.7 Å². The molecule has 16 heavy (non-hydrogen) atoms. The quantitative estimate of drug-likeness (QED) is 0.832. The number of carbonyl (C=O) groups is 1. The van der Waals surface area contributed by atoms with Crippen LogP contribution in [-0.2, 0) is 16.0 Å². The first kappa shape index (κ1) is 11.6. The molecule has 2 rings (SSSR count). The van der Waals surface area contributed by atoms with Gasteiger partial charge in [-0.25, -0.2) is 13.2 Å². The molecule has 1 saturated heterocycles. The van der Waals surface area contributed by atoms with E-state index in [4.69, 9.17) is 11.6 Å². The molecule has 6 heteroatoms. The number of anilines is 1. The lowest BCUT2D eigenvalue weighted by Crippen LogP contribution is -2.40. The van der Waals surface area contributed by atoms with Gasteiger partial charge < -0.3 is 0 Å². The second-order valence-corrected chi connectivity index (χ2v) is 5.50. The van der Waals surface area contributed by atoms with Crippen molar-refractivity contribution in [2.24, 2.45) is 0 Å². The van der Waals surface area contributed by atoms with Crippen molar-refractivity contribution in [3.8, 4) is 0 Å². The van der Waals surface area contributed by atoms with Crippen LogP contribution in [0, 0.1) is 0 Å². The van der Waals surface area contributed by atoms with Gasteiger partial charge in [-0.05, 0) is 26.0 Å². The normalized spacial score (nSPS) is 23.8. The van der Waals surface area contributed by atoms with E-state index in [1.54, 1.807) is 38.1 Å². The summed E-state index contributed by atoms with van der Waals surface area (Å²) < 4.78 is 15.7. The van der Waals surface area contributed by atoms with E-state index in [2.05, 4.69) is 4.72 Å². The van der Waals surface area contributed by atoms with Crippen LogP contribution in [-0.4, -0.2) is 15.7 Å². The summed E-state index contributed by atoms with van der Waals surface area (Å²) in [6.07, 6.45) is 0. The predicted molar refractivity (Wildman–Crippen MR) is 64.3 cm³/mol. The first-order chi connectivity index (χ1) is 7.43. The highest BCUT2D eigenvalue weighted by atomic mass is 35.5. The molecular formula is C10H11ClN2O2S. The minimum Gasteiger partial charge on any atom is -0.271 e. The van der Waals surface area contributed by atoms with Crippen molar-refractivity contribution in [3.05, 3.63) is 29.3 Å². The molecule has 86 valence electrons. The third kappa shape index (κ3) is 1.75. The van der Waals surface area contributed by atoms with Gasteiger partial charge in [0.1, 0.15) is 5.54 Å². The number of hydrogen-bond donors (Lipinski definition) is 1. The van der Waals surface area contributed by atoms with Gasteiger partial charge in [0.05, 0.1) is 10.7 Å². The van der Waals surface area contributed by atoms with Crippen LogP contribution in [0.2, 0.25) is 5.02 Å². The molecule has 1 fully saturated rings. The molecule has 4 nitrogen and oxygen atoms in total. The highest BCUT2D eigenvalue weighted by Crippen LogP contribution is 2.31. The van der Waals surface area contributed by atoms with E-state index in [0.29, 0.717) is 10.7 Å². The Bertz CT molecular complexity index is 476. The minimum atomic E-state index is -1.57. The van der Waals surface area contributed by atoms with E-state index >= 15 is 0 Å². The summed E-state index contributed by atoms with van der Waals surface area (Å²) in [7, 11) is 0. The lowest BCUT2D eigenvalue weighted by Gasteiger charge is -2.16. The van der Waals surface area contributed by atoms with Crippen LogP contribution in [0.3, 0.4) is 0 Å². The van der Waals surface area contributed by atoms with Gasteiger partial charge in [-0.2, -0.15) is 0 Å². The SMILES string of the molecule is CC1(C)NS(=O)N(c2ccccc2Cl)C1=O. The zero-order chi connectivity index (χ0) is 11.9. The molecule has 1 aromatic rings. The number of amides is 1. The van der Waals surface area contributed by atoms with Crippen LogP contribution in [0.5, 0.6) is 0 Å². The molecule has 1 unspecified atom stereocenters. The maximum absolute atomic E-state index is 12.0. The van der Waals surface area contributed by atoms with Crippen LogP contribution in [0.15, 0.2) is 24.3 Å². The number of rotatable bonds is 1. The van der Waals surface area contributed by atoms with Crippen molar-refractivity contribution >= 4 is 34.4 Å². The highest BCUT2D eigenvalue weighted by molar-refractivity contribution is 7.86. The molecule has 1 N–H and O–H groups in total. The molecule has 0 spiro atoms. The molecule has 1 amide bonds. The highest BCUT2D eigenvalue weighted by Gasteiger charge is 2.45. The van der Waals surface area contributed by atoms with Gasteiger partial charge in [-0.15, -0.1) is 0 Å². The van der Waals surface area contributed by atoms with Gasteiger partial charge in [-0.3, -0.25) is 4.79 Å². The molecule has 0 radical (unpaired) electrons. The van der Waals surface area contributed by atoms with Crippen molar-refractivity contribution in [1.29, 1.82) is 0 Å². The molecule has 1 atom stereocenters. The Morgan fingerprint density at radius 2 is 2.00 bits per heavy atom. The Hall–Kier alpha value is -0.910. The zero-order valence-electron chi connectivity index (χ0n) is 8.86. The molecule has 1 aliphatic heterocycles. The number of nitrogens with zero attached hydrogens (tertiary/aromatic N) is 1. The summed E-state index contributed by atoms with van der Waals surface area (Å²) in [6, 6.07) is 6.83. The standard InChI is InChI=1S/C10H11ClN2O2S/c1-10(2)9(14)13(16(15)12-10)8-6-4-3-5-7(8)11/h3-6,12H,1-2H3. The van der Waals surface area contributed by atoms with Gasteiger partial charge in [0.2, 0.25) is 11.2 Å². The van der Waals surface area contributed by atoms with Crippen molar-refractivity contribution in [1.82, 2.24) is 4.72 Å². The number of halogens is 1. The molecular weight excluding hydrogens is 248 g/mol. The number of carbonyl (C=O) groups excluding carboxylic acids is 1. The monoisotopic (exact) mass is 258 g/mol. The van der Waals surface area contributed by atoms with E-state index in [0.717, 1.165) is 0 Å². The van der Waals surface area contributed by atoms with Crippen LogP contribution in [0.4, 0.5) is 5.69 Å². The van der Waals surface area contributed by atoms with E-state index < -0.39 is 16.7 Å². The smallest absolute Gasteiger partial charge is 0.260 e. The van der Waals surface area contributed by atoms with E-state index in [1.807, 2.05) is 0 Å². The van der Waals surface area contributed by atoms with Gasteiger partial charge >= 0.3 is 0 Å². The van der Waals surface area contributed by atoms with Crippen LogP contribution >= 0.6 is 11.6 Å². The summed E-state index contributed by atoms with van der Waals surface area (Å²) >= 11 is 4.40. The largest absolute Gasteiger partial charge is 0.271 e. The number of hydrogen-bond acceptors (Lipinski definition) is 2. The van der Waals surface area contributed by atoms with Crippen molar-refractivity contribution in [3.63, 3.8) is 0 Å². The molecule has 1 aliphatic rings. The Balaban J connectivity index is 2.47. The number of benzene rings is 1. The third-order valence-corrected chi connectivity index (χ3v) is 4.00. The zero-order valence-corrected chi connectivity index (χ0v) is 10.4. The summed E-state index contributed by atoms with van der Waals surface area (Å²) in [4.78, 5) is 12.0. The fourth-order valence-electron chi connectivity index (χ4n) is 1.45. The van der Waals surface area contributed by atoms with Crippen LogP contribution in [0.25, 0.3) is 0 Å². The molecule has 0 aromatic heterocycles. The van der Waals surface area contributed by atoms with Crippen molar-refractivity contribution in [2.45, 2.75) is 19.4 Å². The second-order valence-electron chi connectivity index (χ2n) is 4.03. The summed E-state index contributed by atoms with van der Waals surface area (Å²) in [6.45, 7) is 3.37. The molecule has 0 saturated carbocycles. The average Bonchev–Trinajstić information content (AvgIpc) is 2.39. The van der Waals surface area contributed by atoms with Crippen molar-refractivity contribution in [2.75, 3.05) is 4.31 Å². The Kier molecular flexibility index (Phi) is 2.77. The van der Waals surface area contributed by atoms with E-state index in [9.17, 15) is 9.00 Å². The Morgan fingerprint density at radius 3 is 2.50 bits per heavy atom. The second kappa shape index (κ2) is 3.84. The molecule has 0 aliphatic carbocycles. The third-order valence-electron chi connectivity index (χ3n) is 2.30. The van der Waals surface area contributed by atoms with E-state index in [1.165, 1.54) is 4.31 Å². The Morgan fingerprint density at radius 1 is 1.38 bits per heavy atom. The summed E-state index contributed by atoms with van der Waals surface area (Å²) in [5.74, 6) is -0.251. The lowest BCUT2D eigenvalue weighted by atomic mass is 10.1. The van der Waals surface area contributed by atoms with Gasteiger partial charge in [0.25, 0.3) is 5.91 Å². The predicted octanol–water partition coefficient (Wildman–Crippen LogP) is 1.63. The van der Waals surface area contributed by atoms with Gasteiger partial charge in [0.15, 0.2) is 0 Å². The average molecular weight is 259 g/mol. The van der Waals surface area contributed by atoms with Crippen LogP contribution < -0.4 is 9.03 Å². The maximum Gasteiger partial charge on any atom is 0.260 e. The molecule has 0 bridgehead atoms. The van der Waals surface area contributed by atoms with Crippen molar-refractivity contribution < 1.29 is 9.00 Å². The summed E-state index contributed by atoms with van der Waals surface area (Å²) in [5, 5.41) is 0.406.